The number of anilines is 2. The number of phenolic OH excluding ortho intramolecular Hbond substituents is 1. The first kappa shape index (κ1) is 27.0. The summed E-state index contributed by atoms with van der Waals surface area (Å²) in [5.41, 5.74) is 0.474. The van der Waals surface area contributed by atoms with Gasteiger partial charge in [0.15, 0.2) is 5.75 Å². The molecule has 11 nitrogen and oxygen atoms in total. The molecule has 0 saturated heterocycles. The average Bonchev–Trinajstić information content (AvgIpc) is 2.83. The zero-order valence-electron chi connectivity index (χ0n) is 19.1. The summed E-state index contributed by atoms with van der Waals surface area (Å²) in [4.78, 5) is 9.79. The van der Waals surface area contributed by atoms with E-state index in [1.807, 2.05) is 30.3 Å². The molecule has 0 aliphatic carbocycles. The van der Waals surface area contributed by atoms with E-state index in [1.165, 1.54) is 19.2 Å². The van der Waals surface area contributed by atoms with Gasteiger partial charge in [0.25, 0.3) is 15.8 Å². The summed E-state index contributed by atoms with van der Waals surface area (Å²) >= 11 is 0. The molecule has 4 aromatic rings. The van der Waals surface area contributed by atoms with E-state index in [2.05, 4.69) is 15.5 Å². The normalized spacial score (nSPS) is 11.3. The van der Waals surface area contributed by atoms with Crippen molar-refractivity contribution < 1.29 is 27.7 Å². The van der Waals surface area contributed by atoms with Crippen molar-refractivity contribution in [3.05, 3.63) is 82.9 Å². The minimum atomic E-state index is -4.82. The average molecular weight is 517 g/mol. The van der Waals surface area contributed by atoms with Gasteiger partial charge in [-0.2, -0.15) is 8.42 Å². The summed E-state index contributed by atoms with van der Waals surface area (Å²) in [6.45, 7) is 0. The third-order valence-corrected chi connectivity index (χ3v) is 5.89. The third-order valence-electron chi connectivity index (χ3n) is 5.02. The first-order valence-corrected chi connectivity index (χ1v) is 11.4. The Balaban J connectivity index is 0.00000361. The van der Waals surface area contributed by atoms with E-state index in [0.29, 0.717) is 11.1 Å². The number of nitrogens with zero attached hydrogens (tertiary/aromatic N) is 3. The number of ether oxygens (including phenoxy) is 1. The molecular weight excluding hydrogens is 499 g/mol. The van der Waals surface area contributed by atoms with Crippen molar-refractivity contribution >= 4 is 78.9 Å². The molecule has 4 rings (SSSR count). The van der Waals surface area contributed by atoms with Crippen LogP contribution in [0.5, 0.6) is 11.5 Å². The maximum Gasteiger partial charge on any atom is 0.296 e. The summed E-state index contributed by atoms with van der Waals surface area (Å²) in [6.07, 6.45) is 0. The maximum absolute atomic E-state index is 12.1. The molecule has 1 radical (unpaired) electrons. The number of para-hydroxylation sites is 1. The van der Waals surface area contributed by atoms with Crippen LogP contribution in [-0.2, 0) is 10.1 Å². The van der Waals surface area contributed by atoms with Crippen LogP contribution in [-0.4, -0.2) is 59.7 Å². The van der Waals surface area contributed by atoms with E-state index < -0.39 is 31.4 Å². The molecule has 179 valence electrons. The van der Waals surface area contributed by atoms with Crippen LogP contribution in [0.2, 0.25) is 0 Å². The van der Waals surface area contributed by atoms with Crippen molar-refractivity contribution in [2.45, 2.75) is 4.90 Å². The van der Waals surface area contributed by atoms with Crippen LogP contribution in [0.1, 0.15) is 0 Å². The first-order valence-electron chi connectivity index (χ1n) is 10.0. The zero-order valence-corrected chi connectivity index (χ0v) is 21.9. The molecule has 0 atom stereocenters. The van der Waals surface area contributed by atoms with Crippen LogP contribution in [0.25, 0.3) is 10.8 Å². The molecule has 0 heterocycles. The predicted octanol–water partition coefficient (Wildman–Crippen LogP) is 5.49. The van der Waals surface area contributed by atoms with Crippen molar-refractivity contribution in [3.8, 4) is 11.5 Å². The van der Waals surface area contributed by atoms with Gasteiger partial charge >= 0.3 is 0 Å². The van der Waals surface area contributed by atoms with Crippen molar-refractivity contribution in [1.82, 2.24) is 0 Å². The molecule has 0 bridgehead atoms. The fourth-order valence-electron chi connectivity index (χ4n) is 3.37. The number of non-ortho nitro benzene ring substituents is 1. The number of hydrogen-bond donors (Lipinski definition) is 3. The van der Waals surface area contributed by atoms with E-state index in [9.17, 15) is 28.2 Å². The molecule has 36 heavy (non-hydrogen) atoms. The van der Waals surface area contributed by atoms with E-state index >= 15 is 0 Å². The molecule has 0 spiro atoms. The van der Waals surface area contributed by atoms with Crippen LogP contribution >= 0.6 is 0 Å². The zero-order chi connectivity index (χ0) is 25.2. The Hall–Kier alpha value is -3.55. The molecule has 0 aromatic heterocycles. The number of azo groups is 1. The molecule has 0 amide bonds. The quantitative estimate of drug-likeness (QED) is 0.0952. The largest absolute Gasteiger partial charge is 0.505 e. The second kappa shape index (κ2) is 11.0. The van der Waals surface area contributed by atoms with Gasteiger partial charge in [-0.25, -0.2) is 0 Å². The number of nitro benzene ring substituents is 1. The van der Waals surface area contributed by atoms with E-state index in [0.717, 1.165) is 17.8 Å². The molecule has 13 heteroatoms. The Morgan fingerprint density at radius 2 is 1.69 bits per heavy atom. The summed E-state index contributed by atoms with van der Waals surface area (Å²) in [6, 6.07) is 18.8. The Bertz CT molecular complexity index is 1580. The fourth-order valence-corrected chi connectivity index (χ4v) is 4.03. The number of aromatic hydroxyl groups is 1. The smallest absolute Gasteiger partial charge is 0.296 e. The van der Waals surface area contributed by atoms with Crippen molar-refractivity contribution in [3.63, 3.8) is 0 Å². The summed E-state index contributed by atoms with van der Waals surface area (Å²) in [5.74, 6) is -0.428. The molecule has 4 aromatic carbocycles. The monoisotopic (exact) mass is 517 g/mol. The predicted molar refractivity (Wildman–Crippen MR) is 135 cm³/mol. The minimum absolute atomic E-state index is 0. The number of benzene rings is 4. The second-order valence-electron chi connectivity index (χ2n) is 7.29. The van der Waals surface area contributed by atoms with E-state index in [4.69, 9.17) is 4.74 Å². The summed E-state index contributed by atoms with van der Waals surface area (Å²) in [5, 5.41) is 33.5. The van der Waals surface area contributed by atoms with Gasteiger partial charge < -0.3 is 15.2 Å². The Kier molecular flexibility index (Phi) is 8.28. The maximum atomic E-state index is 12.1. The number of nitro groups is 1. The first-order chi connectivity index (χ1) is 16.7. The Morgan fingerprint density at radius 3 is 2.33 bits per heavy atom. The molecule has 0 aliphatic rings. The van der Waals surface area contributed by atoms with Crippen molar-refractivity contribution in [1.29, 1.82) is 0 Å². The van der Waals surface area contributed by atoms with Gasteiger partial charge in [0.1, 0.15) is 22.0 Å². The van der Waals surface area contributed by atoms with Crippen LogP contribution in [0.15, 0.2) is 87.9 Å². The number of nitrogens with one attached hydrogen (secondary N) is 1. The van der Waals surface area contributed by atoms with Gasteiger partial charge in [-0.15, -0.1) is 10.2 Å². The van der Waals surface area contributed by atoms with E-state index in [-0.39, 0.29) is 52.1 Å². The van der Waals surface area contributed by atoms with E-state index in [1.54, 1.807) is 18.2 Å². The van der Waals surface area contributed by atoms with Gasteiger partial charge in [-0.3, -0.25) is 14.7 Å². The van der Waals surface area contributed by atoms with Gasteiger partial charge in [0.05, 0.1) is 12.0 Å². The van der Waals surface area contributed by atoms with Gasteiger partial charge in [0.2, 0.25) is 0 Å². The molecule has 3 N–H and O–H groups in total. The molecule has 0 unspecified atom stereocenters. The molecule has 0 fully saturated rings. The number of rotatable bonds is 7. The van der Waals surface area contributed by atoms with Gasteiger partial charge in [-0.05, 0) is 41.8 Å². The van der Waals surface area contributed by atoms with Crippen molar-refractivity contribution in [2.24, 2.45) is 10.2 Å². The molecule has 0 saturated carbocycles. The number of methoxy groups -OCH3 is 1. The Morgan fingerprint density at radius 1 is 0.972 bits per heavy atom. The molecule has 0 aliphatic heterocycles. The standard InChI is InChI=1S/C23H18N4O7S.Na/c1-34-20-10-9-17(27(29)30)13-19(20)25-26-22-21(35(31,32)33)11-14-7-8-16(12-18(14)23(22)28)24-15-5-3-2-4-6-15;/h2-13,24,28H,1H3,(H,31,32,33);. The van der Waals surface area contributed by atoms with Gasteiger partial charge in [0, 0.05) is 58.5 Å². The number of hydrogen-bond acceptors (Lipinski definition) is 9. The fraction of sp³-hybridized carbons (Fsp3) is 0.0435. The van der Waals surface area contributed by atoms with Crippen molar-refractivity contribution in [2.75, 3.05) is 12.4 Å². The number of fused-ring (bicyclic) bond motifs is 1. The third kappa shape index (κ3) is 5.80. The van der Waals surface area contributed by atoms with Gasteiger partial charge in [-0.1, -0.05) is 24.3 Å². The minimum Gasteiger partial charge on any atom is -0.505 e. The number of phenols is 1. The van der Waals surface area contributed by atoms with Crippen LogP contribution in [0, 0.1) is 10.1 Å². The topological polar surface area (TPSA) is 164 Å². The second-order valence-corrected chi connectivity index (χ2v) is 8.68. The van der Waals surface area contributed by atoms with Crippen LogP contribution in [0.4, 0.5) is 28.4 Å². The molecular formula is C23H18N4NaO7S. The summed E-state index contributed by atoms with van der Waals surface area (Å²) in [7, 11) is -3.50. The van der Waals surface area contributed by atoms with Crippen LogP contribution in [0.3, 0.4) is 0 Å². The summed E-state index contributed by atoms with van der Waals surface area (Å²) < 4.78 is 39.0. The Labute approximate surface area is 227 Å². The SMILES string of the molecule is COc1ccc([N+](=O)[O-])cc1N=Nc1c(S(=O)(=O)O)cc2ccc(Nc3ccccc3)cc2c1O.[Na]. The van der Waals surface area contributed by atoms with Crippen LogP contribution < -0.4 is 10.1 Å².